The predicted octanol–water partition coefficient (Wildman–Crippen LogP) is 2.47. The van der Waals surface area contributed by atoms with Gasteiger partial charge in [-0.15, -0.1) is 0 Å². The van der Waals surface area contributed by atoms with Gasteiger partial charge in [0.05, 0.1) is 5.56 Å². The third-order valence-electron chi connectivity index (χ3n) is 2.46. The zero-order valence-corrected chi connectivity index (χ0v) is 9.97. The molecule has 0 spiro atoms. The number of esters is 1. The fourth-order valence-corrected chi connectivity index (χ4v) is 1.55. The number of nitrogen functional groups attached to an aromatic ring is 1. The van der Waals surface area contributed by atoms with Gasteiger partial charge in [-0.1, -0.05) is 12.1 Å². The summed E-state index contributed by atoms with van der Waals surface area (Å²) in [5.41, 5.74) is 6.39. The summed E-state index contributed by atoms with van der Waals surface area (Å²) in [5, 5.41) is 9.11. The Morgan fingerprint density at radius 3 is 2.53 bits per heavy atom. The number of ether oxygens (including phenoxy) is 1. The van der Waals surface area contributed by atoms with E-state index in [9.17, 15) is 9.18 Å². The van der Waals surface area contributed by atoms with E-state index in [1.165, 1.54) is 18.2 Å². The van der Waals surface area contributed by atoms with Crippen LogP contribution in [0.15, 0.2) is 42.5 Å². The van der Waals surface area contributed by atoms with Crippen molar-refractivity contribution in [3.8, 4) is 5.75 Å². The van der Waals surface area contributed by atoms with Crippen molar-refractivity contribution in [1.82, 2.24) is 0 Å². The number of phenolic OH excluding ortho intramolecular Hbond substituents is 1. The quantitative estimate of drug-likeness (QED) is 0.657. The molecule has 0 saturated heterocycles. The lowest BCUT2D eigenvalue weighted by atomic mass is 10.2. The average Bonchev–Trinajstić information content (AvgIpc) is 2.36. The molecule has 0 unspecified atom stereocenters. The number of hydrogen-bond acceptors (Lipinski definition) is 4. The van der Waals surface area contributed by atoms with E-state index in [1.807, 2.05) is 0 Å². The Balaban J connectivity index is 2.03. The van der Waals surface area contributed by atoms with Crippen LogP contribution in [0.4, 0.5) is 10.1 Å². The molecular formula is C14H12FNO3. The second kappa shape index (κ2) is 5.39. The van der Waals surface area contributed by atoms with Gasteiger partial charge in [-0.05, 0) is 35.9 Å². The molecule has 3 N–H and O–H groups in total. The van der Waals surface area contributed by atoms with E-state index in [2.05, 4.69) is 0 Å². The minimum Gasteiger partial charge on any atom is -0.508 e. The number of rotatable bonds is 3. The summed E-state index contributed by atoms with van der Waals surface area (Å²) in [6.45, 7) is 0.0372. The van der Waals surface area contributed by atoms with Gasteiger partial charge in [0.25, 0.3) is 0 Å². The Morgan fingerprint density at radius 1 is 1.21 bits per heavy atom. The van der Waals surface area contributed by atoms with E-state index in [0.717, 1.165) is 17.7 Å². The first kappa shape index (κ1) is 12.9. The highest BCUT2D eigenvalue weighted by Crippen LogP contribution is 2.14. The van der Waals surface area contributed by atoms with Crippen LogP contribution < -0.4 is 5.73 Å². The molecule has 4 nitrogen and oxygen atoms in total. The van der Waals surface area contributed by atoms with Gasteiger partial charge in [-0.2, -0.15) is 0 Å². The molecule has 0 bridgehead atoms. The zero-order valence-electron chi connectivity index (χ0n) is 9.97. The van der Waals surface area contributed by atoms with Crippen LogP contribution in [0.2, 0.25) is 0 Å². The molecule has 0 atom stereocenters. The van der Waals surface area contributed by atoms with Crippen LogP contribution >= 0.6 is 0 Å². The zero-order chi connectivity index (χ0) is 13.8. The topological polar surface area (TPSA) is 72.6 Å². The van der Waals surface area contributed by atoms with E-state index in [-0.39, 0.29) is 23.6 Å². The first-order chi connectivity index (χ1) is 9.04. The second-order valence-corrected chi connectivity index (χ2v) is 4.02. The van der Waals surface area contributed by atoms with Crippen molar-refractivity contribution in [1.29, 1.82) is 0 Å². The van der Waals surface area contributed by atoms with Crippen LogP contribution in [0.25, 0.3) is 0 Å². The Hall–Kier alpha value is -2.56. The van der Waals surface area contributed by atoms with Crippen LogP contribution in [-0.4, -0.2) is 11.1 Å². The molecular weight excluding hydrogens is 249 g/mol. The molecule has 0 fully saturated rings. The lowest BCUT2D eigenvalue weighted by Gasteiger charge is -2.06. The molecule has 0 aromatic heterocycles. The number of phenols is 1. The molecule has 0 aliphatic carbocycles. The minimum atomic E-state index is -0.653. The van der Waals surface area contributed by atoms with Gasteiger partial charge < -0.3 is 15.6 Å². The number of aromatic hydroxyl groups is 1. The van der Waals surface area contributed by atoms with Gasteiger partial charge in [0.15, 0.2) is 0 Å². The summed E-state index contributed by atoms with van der Waals surface area (Å²) in [6, 6.07) is 9.77. The summed E-state index contributed by atoms with van der Waals surface area (Å²) >= 11 is 0. The molecule has 0 amide bonds. The molecule has 19 heavy (non-hydrogen) atoms. The summed E-state index contributed by atoms with van der Waals surface area (Å²) in [6.07, 6.45) is 0. The van der Waals surface area contributed by atoms with E-state index in [4.69, 9.17) is 15.6 Å². The molecule has 0 aliphatic rings. The van der Waals surface area contributed by atoms with Crippen LogP contribution in [0.1, 0.15) is 15.9 Å². The lowest BCUT2D eigenvalue weighted by Crippen LogP contribution is -2.06. The van der Waals surface area contributed by atoms with Gasteiger partial charge in [0.2, 0.25) is 0 Å². The number of carbonyl (C=O) groups is 1. The third kappa shape index (κ3) is 3.45. The maximum Gasteiger partial charge on any atom is 0.338 e. The van der Waals surface area contributed by atoms with Crippen molar-refractivity contribution in [2.24, 2.45) is 0 Å². The molecule has 0 radical (unpaired) electrons. The number of carbonyl (C=O) groups excluding carboxylic acids is 1. The SMILES string of the molecule is Nc1cc(F)cc(C(=O)OCc2ccc(O)cc2)c1. The minimum absolute atomic E-state index is 0.0372. The van der Waals surface area contributed by atoms with Crippen molar-refractivity contribution < 1.29 is 19.0 Å². The van der Waals surface area contributed by atoms with E-state index >= 15 is 0 Å². The highest BCUT2D eigenvalue weighted by Gasteiger charge is 2.09. The van der Waals surface area contributed by atoms with Crippen LogP contribution in [-0.2, 0) is 11.3 Å². The fraction of sp³-hybridized carbons (Fsp3) is 0.0714. The summed E-state index contributed by atoms with van der Waals surface area (Å²) in [4.78, 5) is 11.7. The summed E-state index contributed by atoms with van der Waals surface area (Å²) in [5.74, 6) is -1.11. The van der Waals surface area contributed by atoms with E-state index in [0.29, 0.717) is 0 Å². The molecule has 2 aromatic rings. The van der Waals surface area contributed by atoms with Crippen molar-refractivity contribution >= 4 is 11.7 Å². The van der Waals surface area contributed by atoms with Crippen molar-refractivity contribution in [2.45, 2.75) is 6.61 Å². The molecule has 2 rings (SSSR count). The van der Waals surface area contributed by atoms with Gasteiger partial charge >= 0.3 is 5.97 Å². The van der Waals surface area contributed by atoms with Crippen LogP contribution in [0.5, 0.6) is 5.75 Å². The van der Waals surface area contributed by atoms with Crippen molar-refractivity contribution in [3.05, 3.63) is 59.4 Å². The number of nitrogens with two attached hydrogens (primary N) is 1. The highest BCUT2D eigenvalue weighted by molar-refractivity contribution is 5.90. The highest BCUT2D eigenvalue weighted by atomic mass is 19.1. The molecule has 5 heteroatoms. The summed E-state index contributed by atoms with van der Waals surface area (Å²) in [7, 11) is 0. The van der Waals surface area contributed by atoms with Gasteiger partial charge in [0.1, 0.15) is 18.2 Å². The van der Waals surface area contributed by atoms with Crippen molar-refractivity contribution in [3.63, 3.8) is 0 Å². The number of anilines is 1. The molecule has 0 heterocycles. The maximum absolute atomic E-state index is 13.1. The lowest BCUT2D eigenvalue weighted by molar-refractivity contribution is 0.0472. The normalized spacial score (nSPS) is 10.2. The Bertz CT molecular complexity index is 576. The standard InChI is InChI=1S/C14H12FNO3/c15-11-5-10(6-12(16)7-11)14(18)19-8-9-1-3-13(17)4-2-9/h1-7,17H,8,16H2. The van der Waals surface area contributed by atoms with E-state index < -0.39 is 11.8 Å². The molecule has 0 saturated carbocycles. The predicted molar refractivity (Wildman–Crippen MR) is 68.0 cm³/mol. The fourth-order valence-electron chi connectivity index (χ4n) is 1.55. The number of hydrogen-bond donors (Lipinski definition) is 2. The number of benzene rings is 2. The molecule has 0 aliphatic heterocycles. The van der Waals surface area contributed by atoms with Crippen molar-refractivity contribution in [2.75, 3.05) is 5.73 Å². The van der Waals surface area contributed by atoms with Gasteiger partial charge in [-0.3, -0.25) is 0 Å². The largest absolute Gasteiger partial charge is 0.508 e. The maximum atomic E-state index is 13.1. The Kier molecular flexibility index (Phi) is 3.66. The van der Waals surface area contributed by atoms with Gasteiger partial charge in [-0.25, -0.2) is 9.18 Å². The first-order valence-electron chi connectivity index (χ1n) is 5.56. The first-order valence-corrected chi connectivity index (χ1v) is 5.56. The third-order valence-corrected chi connectivity index (χ3v) is 2.46. The van der Waals surface area contributed by atoms with E-state index in [1.54, 1.807) is 12.1 Å². The monoisotopic (exact) mass is 261 g/mol. The summed E-state index contributed by atoms with van der Waals surface area (Å²) < 4.78 is 18.1. The molecule has 2 aromatic carbocycles. The smallest absolute Gasteiger partial charge is 0.338 e. The van der Waals surface area contributed by atoms with Crippen LogP contribution in [0.3, 0.4) is 0 Å². The number of halogens is 1. The van der Waals surface area contributed by atoms with Gasteiger partial charge in [0, 0.05) is 5.69 Å². The van der Waals surface area contributed by atoms with Crippen LogP contribution in [0, 0.1) is 5.82 Å². The second-order valence-electron chi connectivity index (χ2n) is 4.02. The Labute approximate surface area is 109 Å². The molecule has 98 valence electrons. The Morgan fingerprint density at radius 2 is 1.89 bits per heavy atom. The average molecular weight is 261 g/mol.